The molecule has 0 bridgehead atoms. The van der Waals surface area contributed by atoms with Crippen molar-refractivity contribution in [2.75, 3.05) is 12.5 Å². The van der Waals surface area contributed by atoms with Crippen LogP contribution in [0.15, 0.2) is 57.2 Å². The summed E-state index contributed by atoms with van der Waals surface area (Å²) in [5, 5.41) is 3.56. The second kappa shape index (κ2) is 6.26. The minimum atomic E-state index is -0.129. The van der Waals surface area contributed by atoms with Crippen molar-refractivity contribution in [3.05, 3.63) is 58.2 Å². The van der Waals surface area contributed by atoms with Crippen LogP contribution < -0.4 is 10.2 Å². The number of ether oxygens (including phenoxy) is 1. The number of aromatic nitrogens is 1. The van der Waals surface area contributed by atoms with Crippen LogP contribution in [0.3, 0.4) is 0 Å². The van der Waals surface area contributed by atoms with Gasteiger partial charge in [0.15, 0.2) is 11.2 Å². The zero-order valence-corrected chi connectivity index (χ0v) is 14.1. The van der Waals surface area contributed by atoms with Crippen LogP contribution in [0.1, 0.15) is 0 Å². The van der Waals surface area contributed by atoms with E-state index in [9.17, 15) is 4.79 Å². The summed E-state index contributed by atoms with van der Waals surface area (Å²) in [5.41, 5.74) is 1.02. The summed E-state index contributed by atoms with van der Waals surface area (Å²) in [4.78, 5) is 16.8. The van der Waals surface area contributed by atoms with E-state index in [1.807, 2.05) is 17.5 Å². The van der Waals surface area contributed by atoms with E-state index >= 15 is 0 Å². The molecule has 120 valence electrons. The molecular formula is C18H12ClNO3S. The predicted molar refractivity (Wildman–Crippen MR) is 97.3 cm³/mol. The smallest absolute Gasteiger partial charge is 0.193 e. The minimum absolute atomic E-state index is 0.129. The number of rotatable bonds is 4. The molecule has 4 nitrogen and oxygen atoms in total. The average molecular weight is 358 g/mol. The molecular weight excluding hydrogens is 346 g/mol. The largest absolute Gasteiger partial charge is 0.492 e. The van der Waals surface area contributed by atoms with Gasteiger partial charge in [0.1, 0.15) is 23.6 Å². The maximum Gasteiger partial charge on any atom is 0.193 e. The molecule has 0 saturated heterocycles. The van der Waals surface area contributed by atoms with Gasteiger partial charge in [-0.2, -0.15) is 0 Å². The third-order valence-electron chi connectivity index (χ3n) is 3.63. The number of thiophene rings is 1. The van der Waals surface area contributed by atoms with E-state index in [4.69, 9.17) is 20.8 Å². The molecule has 0 radical (unpaired) electrons. The molecule has 4 aromatic rings. The van der Waals surface area contributed by atoms with Gasteiger partial charge in [-0.3, -0.25) is 9.78 Å². The number of hydrogen-bond acceptors (Lipinski definition) is 5. The van der Waals surface area contributed by atoms with Gasteiger partial charge in [-0.15, -0.1) is 22.9 Å². The fourth-order valence-electron chi connectivity index (χ4n) is 2.50. The van der Waals surface area contributed by atoms with Crippen LogP contribution in [0.25, 0.3) is 32.5 Å². The molecule has 0 atom stereocenters. The number of hydrogen-bond donors (Lipinski definition) is 0. The summed E-state index contributed by atoms with van der Waals surface area (Å²) in [6, 6.07) is 10.6. The van der Waals surface area contributed by atoms with Gasteiger partial charge in [0.25, 0.3) is 0 Å². The first-order valence-corrected chi connectivity index (χ1v) is 8.76. The van der Waals surface area contributed by atoms with E-state index in [1.165, 1.54) is 6.07 Å². The maximum absolute atomic E-state index is 12.4. The zero-order valence-electron chi connectivity index (χ0n) is 12.5. The van der Waals surface area contributed by atoms with Gasteiger partial charge in [0, 0.05) is 22.3 Å². The number of nitrogens with zero attached hydrogens (tertiary/aromatic N) is 1. The van der Waals surface area contributed by atoms with E-state index in [2.05, 4.69) is 4.98 Å². The lowest BCUT2D eigenvalue weighted by molar-refractivity contribution is 0.343. The first-order valence-electron chi connectivity index (χ1n) is 7.35. The molecule has 1 aromatic carbocycles. The SMILES string of the molecule is O=c1cc(-c2cc3sccc3cn2)oc2ccc(OCCCl)cc12. The fraction of sp³-hybridized carbons (Fsp3) is 0.111. The number of benzene rings is 1. The molecule has 6 heteroatoms. The van der Waals surface area contributed by atoms with E-state index in [-0.39, 0.29) is 5.43 Å². The minimum Gasteiger partial charge on any atom is -0.492 e. The van der Waals surface area contributed by atoms with Crippen LogP contribution in [0.5, 0.6) is 5.75 Å². The summed E-state index contributed by atoms with van der Waals surface area (Å²) in [6.45, 7) is 0.390. The highest BCUT2D eigenvalue weighted by molar-refractivity contribution is 7.17. The first-order chi connectivity index (χ1) is 11.7. The number of fused-ring (bicyclic) bond motifs is 2. The molecule has 0 aliphatic rings. The van der Waals surface area contributed by atoms with Crippen LogP contribution in [-0.2, 0) is 0 Å². The van der Waals surface area contributed by atoms with Crippen molar-refractivity contribution in [3.8, 4) is 17.2 Å². The average Bonchev–Trinajstić information content (AvgIpc) is 3.07. The van der Waals surface area contributed by atoms with Crippen molar-refractivity contribution >= 4 is 44.0 Å². The number of alkyl halides is 1. The number of halogens is 1. The van der Waals surface area contributed by atoms with Gasteiger partial charge in [0.05, 0.1) is 11.3 Å². The van der Waals surface area contributed by atoms with E-state index in [1.54, 1.807) is 35.7 Å². The molecule has 0 unspecified atom stereocenters. The Hall–Kier alpha value is -2.37. The van der Waals surface area contributed by atoms with Crippen molar-refractivity contribution in [1.82, 2.24) is 4.98 Å². The molecule has 3 heterocycles. The Balaban J connectivity index is 1.80. The number of pyridine rings is 1. The standard InChI is InChI=1S/C18H12ClNO3S/c19-4-5-22-12-1-2-16-13(7-12)15(21)9-17(23-16)14-8-18-11(10-20-14)3-6-24-18/h1-3,6-10H,4-5H2. The molecule has 0 N–H and O–H groups in total. The highest BCUT2D eigenvalue weighted by Gasteiger charge is 2.10. The molecule has 4 rings (SSSR count). The highest BCUT2D eigenvalue weighted by Crippen LogP contribution is 2.27. The lowest BCUT2D eigenvalue weighted by Crippen LogP contribution is -2.03. The molecule has 0 aliphatic heterocycles. The van der Waals surface area contributed by atoms with Crippen molar-refractivity contribution in [2.24, 2.45) is 0 Å². The van der Waals surface area contributed by atoms with Gasteiger partial charge >= 0.3 is 0 Å². The van der Waals surface area contributed by atoms with Gasteiger partial charge < -0.3 is 9.15 Å². The lowest BCUT2D eigenvalue weighted by atomic mass is 10.2. The third kappa shape index (κ3) is 2.77. The Kier molecular flexibility index (Phi) is 3.96. The Bertz CT molecular complexity index is 1090. The summed E-state index contributed by atoms with van der Waals surface area (Å²) >= 11 is 7.24. The van der Waals surface area contributed by atoms with Crippen LogP contribution in [-0.4, -0.2) is 17.5 Å². The summed E-state index contributed by atoms with van der Waals surface area (Å²) in [7, 11) is 0. The van der Waals surface area contributed by atoms with E-state index < -0.39 is 0 Å². The maximum atomic E-state index is 12.4. The Labute approximate surface area is 146 Å². The molecule has 24 heavy (non-hydrogen) atoms. The summed E-state index contributed by atoms with van der Waals surface area (Å²) in [5.74, 6) is 1.45. The Morgan fingerprint density at radius 1 is 1.21 bits per heavy atom. The van der Waals surface area contributed by atoms with Gasteiger partial charge in [-0.05, 0) is 35.7 Å². The molecule has 0 saturated carbocycles. The monoisotopic (exact) mass is 357 g/mol. The Morgan fingerprint density at radius 2 is 2.12 bits per heavy atom. The van der Waals surface area contributed by atoms with E-state index in [0.29, 0.717) is 40.7 Å². The fourth-order valence-corrected chi connectivity index (χ4v) is 3.37. The van der Waals surface area contributed by atoms with Crippen LogP contribution in [0.4, 0.5) is 0 Å². The highest BCUT2D eigenvalue weighted by atomic mass is 35.5. The zero-order chi connectivity index (χ0) is 16.5. The topological polar surface area (TPSA) is 52.3 Å². The van der Waals surface area contributed by atoms with Crippen molar-refractivity contribution in [3.63, 3.8) is 0 Å². The van der Waals surface area contributed by atoms with Crippen molar-refractivity contribution < 1.29 is 9.15 Å². The van der Waals surface area contributed by atoms with Gasteiger partial charge in [0.2, 0.25) is 0 Å². The van der Waals surface area contributed by atoms with Crippen LogP contribution in [0, 0.1) is 0 Å². The second-order valence-corrected chi connectivity index (χ2v) is 6.52. The normalized spacial score (nSPS) is 11.2. The molecule has 0 spiro atoms. The third-order valence-corrected chi connectivity index (χ3v) is 4.67. The Morgan fingerprint density at radius 3 is 3.00 bits per heavy atom. The van der Waals surface area contributed by atoms with E-state index in [0.717, 1.165) is 10.1 Å². The van der Waals surface area contributed by atoms with Crippen LogP contribution in [0.2, 0.25) is 0 Å². The molecule has 0 fully saturated rings. The second-order valence-electron chi connectivity index (χ2n) is 5.20. The lowest BCUT2D eigenvalue weighted by Gasteiger charge is -2.06. The van der Waals surface area contributed by atoms with Crippen molar-refractivity contribution in [2.45, 2.75) is 0 Å². The van der Waals surface area contributed by atoms with Crippen LogP contribution >= 0.6 is 22.9 Å². The quantitative estimate of drug-likeness (QED) is 0.497. The molecule has 0 aliphatic carbocycles. The first kappa shape index (κ1) is 15.2. The summed E-state index contributed by atoms with van der Waals surface area (Å²) in [6.07, 6.45) is 1.79. The summed E-state index contributed by atoms with van der Waals surface area (Å²) < 4.78 is 12.4. The molecule has 0 amide bonds. The molecule has 3 aromatic heterocycles. The predicted octanol–water partition coefficient (Wildman–Crippen LogP) is 4.69. The van der Waals surface area contributed by atoms with Crippen molar-refractivity contribution in [1.29, 1.82) is 0 Å². The van der Waals surface area contributed by atoms with Gasteiger partial charge in [-0.1, -0.05) is 0 Å². The van der Waals surface area contributed by atoms with Gasteiger partial charge in [-0.25, -0.2) is 0 Å².